The van der Waals surface area contributed by atoms with Crippen LogP contribution >= 0.6 is 0 Å². The highest BCUT2D eigenvalue weighted by Gasteiger charge is 2.47. The van der Waals surface area contributed by atoms with E-state index in [4.69, 9.17) is 0 Å². The Labute approximate surface area is 123 Å². The first-order chi connectivity index (χ1) is 9.36. The summed E-state index contributed by atoms with van der Waals surface area (Å²) in [4.78, 5) is 27.2. The highest BCUT2D eigenvalue weighted by Crippen LogP contribution is 2.31. The fraction of sp³-hybridized carbons (Fsp3) is 0.875. The maximum absolute atomic E-state index is 12.9. The van der Waals surface area contributed by atoms with Gasteiger partial charge in [-0.1, -0.05) is 41.0 Å². The zero-order chi connectivity index (χ0) is 15.5. The van der Waals surface area contributed by atoms with Gasteiger partial charge < -0.3 is 10.2 Å². The molecule has 0 saturated carbocycles. The fourth-order valence-electron chi connectivity index (χ4n) is 2.95. The largest absolute Gasteiger partial charge is 0.342 e. The minimum atomic E-state index is -0.368. The summed E-state index contributed by atoms with van der Waals surface area (Å²) in [5.41, 5.74) is -0.235. The third-order valence-electron chi connectivity index (χ3n) is 5.12. The van der Waals surface area contributed by atoms with E-state index in [9.17, 15) is 9.59 Å². The molecular weight excluding hydrogens is 252 g/mol. The standard InChI is InChI=1S/C16H30N2O2/c1-7-11(5)13-15(20)18(16(6,9-3)10-4)12(8-2)14(19)17-13/h11-13H,7-10H2,1-6H3,(H,17,19). The van der Waals surface area contributed by atoms with Gasteiger partial charge in [-0.15, -0.1) is 0 Å². The summed E-state index contributed by atoms with van der Waals surface area (Å²) in [6.07, 6.45) is 3.29. The van der Waals surface area contributed by atoms with Crippen molar-refractivity contribution in [1.29, 1.82) is 0 Å². The van der Waals surface area contributed by atoms with Crippen LogP contribution in [0, 0.1) is 5.92 Å². The van der Waals surface area contributed by atoms with Gasteiger partial charge in [0.2, 0.25) is 11.8 Å². The molecule has 116 valence electrons. The molecule has 0 aromatic carbocycles. The smallest absolute Gasteiger partial charge is 0.246 e. The summed E-state index contributed by atoms with van der Waals surface area (Å²) in [6, 6.07) is -0.694. The first-order valence-corrected chi connectivity index (χ1v) is 7.99. The monoisotopic (exact) mass is 282 g/mol. The Morgan fingerprint density at radius 1 is 1.20 bits per heavy atom. The second-order valence-corrected chi connectivity index (χ2v) is 6.21. The second-order valence-electron chi connectivity index (χ2n) is 6.21. The number of hydrogen-bond acceptors (Lipinski definition) is 2. The summed E-state index contributed by atoms with van der Waals surface area (Å²) < 4.78 is 0. The van der Waals surface area contributed by atoms with Crippen LogP contribution in [0.4, 0.5) is 0 Å². The molecule has 1 aliphatic rings. The zero-order valence-corrected chi connectivity index (χ0v) is 13.8. The van der Waals surface area contributed by atoms with Crippen LogP contribution < -0.4 is 5.32 Å². The molecule has 1 N–H and O–H groups in total. The predicted octanol–water partition coefficient (Wildman–Crippen LogP) is 2.72. The number of rotatable bonds is 6. The van der Waals surface area contributed by atoms with Gasteiger partial charge in [-0.25, -0.2) is 0 Å². The molecular formula is C16H30N2O2. The quantitative estimate of drug-likeness (QED) is 0.814. The highest BCUT2D eigenvalue weighted by molar-refractivity contribution is 5.97. The van der Waals surface area contributed by atoms with Gasteiger partial charge in [-0.2, -0.15) is 0 Å². The molecule has 0 aromatic heterocycles. The molecule has 3 unspecified atom stereocenters. The van der Waals surface area contributed by atoms with Gasteiger partial charge in [-0.3, -0.25) is 9.59 Å². The third kappa shape index (κ3) is 2.84. The van der Waals surface area contributed by atoms with Crippen molar-refractivity contribution in [2.75, 3.05) is 0 Å². The summed E-state index contributed by atoms with van der Waals surface area (Å²) in [5.74, 6) is 0.271. The van der Waals surface area contributed by atoms with E-state index < -0.39 is 0 Å². The van der Waals surface area contributed by atoms with E-state index >= 15 is 0 Å². The molecule has 1 aliphatic heterocycles. The molecule has 4 heteroatoms. The van der Waals surface area contributed by atoms with E-state index in [0.29, 0.717) is 6.42 Å². The molecule has 1 heterocycles. The first-order valence-electron chi connectivity index (χ1n) is 7.99. The Hall–Kier alpha value is -1.06. The van der Waals surface area contributed by atoms with E-state index in [1.54, 1.807) is 0 Å². The van der Waals surface area contributed by atoms with Crippen LogP contribution in [0.25, 0.3) is 0 Å². The number of carbonyl (C=O) groups excluding carboxylic acids is 2. The lowest BCUT2D eigenvalue weighted by molar-refractivity contribution is -0.158. The van der Waals surface area contributed by atoms with E-state index in [2.05, 4.69) is 33.0 Å². The summed E-state index contributed by atoms with van der Waals surface area (Å²) in [5, 5.41) is 2.94. The molecule has 0 spiro atoms. The van der Waals surface area contributed by atoms with Gasteiger partial charge >= 0.3 is 0 Å². The van der Waals surface area contributed by atoms with Crippen LogP contribution in [-0.2, 0) is 9.59 Å². The number of amides is 2. The Bertz CT molecular complexity index is 363. The maximum atomic E-state index is 12.9. The lowest BCUT2D eigenvalue weighted by atomic mass is 9.85. The lowest BCUT2D eigenvalue weighted by Gasteiger charge is -2.49. The summed E-state index contributed by atoms with van der Waals surface area (Å²) in [6.45, 7) is 12.3. The van der Waals surface area contributed by atoms with Gasteiger partial charge in [0.15, 0.2) is 0 Å². The lowest BCUT2D eigenvalue weighted by Crippen LogP contribution is -2.69. The molecule has 1 fully saturated rings. The van der Waals surface area contributed by atoms with Crippen LogP contribution in [0.15, 0.2) is 0 Å². The average Bonchev–Trinajstić information content (AvgIpc) is 2.47. The van der Waals surface area contributed by atoms with E-state index in [-0.39, 0.29) is 35.4 Å². The summed E-state index contributed by atoms with van der Waals surface area (Å²) >= 11 is 0. The minimum Gasteiger partial charge on any atom is -0.342 e. The van der Waals surface area contributed by atoms with Crippen LogP contribution in [0.2, 0.25) is 0 Å². The SMILES string of the molecule is CCC(C)C1NC(=O)C(CC)N(C(C)(CC)CC)C1=O. The van der Waals surface area contributed by atoms with Crippen molar-refractivity contribution >= 4 is 11.8 Å². The van der Waals surface area contributed by atoms with Crippen molar-refractivity contribution < 1.29 is 9.59 Å². The second kappa shape index (κ2) is 6.59. The van der Waals surface area contributed by atoms with Gasteiger partial charge in [0.05, 0.1) is 0 Å². The van der Waals surface area contributed by atoms with Crippen LogP contribution in [0.5, 0.6) is 0 Å². The van der Waals surface area contributed by atoms with Crippen molar-refractivity contribution in [3.63, 3.8) is 0 Å². The Morgan fingerprint density at radius 3 is 2.15 bits per heavy atom. The molecule has 0 aromatic rings. The van der Waals surface area contributed by atoms with Crippen LogP contribution in [-0.4, -0.2) is 34.3 Å². The zero-order valence-electron chi connectivity index (χ0n) is 13.8. The van der Waals surface area contributed by atoms with Gasteiger partial charge in [0.25, 0.3) is 0 Å². The molecule has 0 bridgehead atoms. The molecule has 0 aliphatic carbocycles. The number of hydrogen-bond donors (Lipinski definition) is 1. The average molecular weight is 282 g/mol. The first kappa shape index (κ1) is 17.0. The Morgan fingerprint density at radius 2 is 1.75 bits per heavy atom. The van der Waals surface area contributed by atoms with E-state index in [1.165, 1.54) is 0 Å². The molecule has 4 nitrogen and oxygen atoms in total. The molecule has 0 radical (unpaired) electrons. The van der Waals surface area contributed by atoms with Crippen molar-refractivity contribution in [2.24, 2.45) is 5.92 Å². The van der Waals surface area contributed by atoms with E-state index in [0.717, 1.165) is 19.3 Å². The number of nitrogens with one attached hydrogen (secondary N) is 1. The van der Waals surface area contributed by atoms with Crippen LogP contribution in [0.3, 0.4) is 0 Å². The van der Waals surface area contributed by atoms with Crippen LogP contribution in [0.1, 0.15) is 67.2 Å². The van der Waals surface area contributed by atoms with Crippen molar-refractivity contribution in [3.05, 3.63) is 0 Å². The minimum absolute atomic E-state index is 0.00512. The van der Waals surface area contributed by atoms with Gasteiger partial charge in [0.1, 0.15) is 12.1 Å². The van der Waals surface area contributed by atoms with Crippen molar-refractivity contribution in [2.45, 2.75) is 84.8 Å². The molecule has 3 atom stereocenters. The summed E-state index contributed by atoms with van der Waals surface area (Å²) in [7, 11) is 0. The molecule has 20 heavy (non-hydrogen) atoms. The fourth-order valence-corrected chi connectivity index (χ4v) is 2.95. The van der Waals surface area contributed by atoms with Crippen molar-refractivity contribution in [3.8, 4) is 0 Å². The van der Waals surface area contributed by atoms with Gasteiger partial charge in [0, 0.05) is 5.54 Å². The topological polar surface area (TPSA) is 49.4 Å². The van der Waals surface area contributed by atoms with Gasteiger partial charge in [-0.05, 0) is 32.1 Å². The van der Waals surface area contributed by atoms with E-state index in [1.807, 2.05) is 18.7 Å². The predicted molar refractivity (Wildman–Crippen MR) is 81.3 cm³/mol. The maximum Gasteiger partial charge on any atom is 0.246 e. The highest BCUT2D eigenvalue weighted by atomic mass is 16.2. The Balaban J connectivity index is 3.19. The van der Waals surface area contributed by atoms with Crippen molar-refractivity contribution in [1.82, 2.24) is 10.2 Å². The Kier molecular flexibility index (Phi) is 5.60. The normalized spacial score (nSPS) is 25.6. The molecule has 2 amide bonds. The molecule has 1 saturated heterocycles. The number of nitrogens with zero attached hydrogens (tertiary/aromatic N) is 1. The number of carbonyl (C=O) groups is 2. The third-order valence-corrected chi connectivity index (χ3v) is 5.12. The molecule has 1 rings (SSSR count). The number of piperazine rings is 1.